The molecule has 0 unspecified atom stereocenters. The molecule has 2 saturated heterocycles. The molecule has 3 N–H and O–H groups in total. The van der Waals surface area contributed by atoms with E-state index >= 15 is 0 Å². The predicted octanol–water partition coefficient (Wildman–Crippen LogP) is 8.51. The summed E-state index contributed by atoms with van der Waals surface area (Å²) in [6, 6.07) is 15.5. The molecular formula is C38H39ClF3N7O3. The third kappa shape index (κ3) is 8.90. The molecule has 0 atom stereocenters. The van der Waals surface area contributed by atoms with Crippen molar-refractivity contribution in [1.82, 2.24) is 29.6 Å². The third-order valence-corrected chi connectivity index (χ3v) is 9.30. The lowest BCUT2D eigenvalue weighted by molar-refractivity contribution is 0.0367. The van der Waals surface area contributed by atoms with Crippen LogP contribution in [0.2, 0.25) is 5.02 Å². The highest BCUT2D eigenvalue weighted by molar-refractivity contribution is 6.30. The molecule has 2 aliphatic heterocycles. The number of aromatic nitrogens is 5. The van der Waals surface area contributed by atoms with Gasteiger partial charge < -0.3 is 24.6 Å². The van der Waals surface area contributed by atoms with E-state index in [1.54, 1.807) is 30.3 Å². The fourth-order valence-electron chi connectivity index (χ4n) is 5.99. The standard InChI is InChI=1S/C35H33ClF3N7O2.C3H6O/c1-45-30-10-8-22(31(47)18-25-28(5-3-13-40)43-44-34(25)35(38)39)16-29(30)41-32(45)19-46-14-11-21(12-15-46)27-4-2-6-33(42-27)48-20-23-7-9-24(36)17-26(23)37;1-2-4-3-1/h2-10,13,16-18,21,35,40,47H,11-12,14-15,19-20H2,1H3,(H,43,44);1-3H2/b5-3-,31-18+,40-13?;. The van der Waals surface area contributed by atoms with Gasteiger partial charge in [0.15, 0.2) is 0 Å². The summed E-state index contributed by atoms with van der Waals surface area (Å²) in [6.45, 7) is 4.38. The number of imidazole rings is 1. The summed E-state index contributed by atoms with van der Waals surface area (Å²) in [4.78, 5) is 11.9. The van der Waals surface area contributed by atoms with Gasteiger partial charge in [-0.1, -0.05) is 23.7 Å². The van der Waals surface area contributed by atoms with Crippen molar-refractivity contribution < 1.29 is 27.8 Å². The summed E-state index contributed by atoms with van der Waals surface area (Å²) >= 11 is 5.85. The first-order valence-electron chi connectivity index (χ1n) is 16.9. The van der Waals surface area contributed by atoms with Crippen molar-refractivity contribution >= 4 is 46.8 Å². The summed E-state index contributed by atoms with van der Waals surface area (Å²) in [5.74, 6) is 0.946. The number of allylic oxidation sites excluding steroid dienone is 1. The van der Waals surface area contributed by atoms with E-state index in [9.17, 15) is 18.3 Å². The van der Waals surface area contributed by atoms with Crippen molar-refractivity contribution in [3.8, 4) is 5.88 Å². The Morgan fingerprint density at radius 2 is 1.90 bits per heavy atom. The fourth-order valence-corrected chi connectivity index (χ4v) is 6.15. The summed E-state index contributed by atoms with van der Waals surface area (Å²) in [6.07, 6.45) is 5.31. The number of aryl methyl sites for hydroxylation is 1. The summed E-state index contributed by atoms with van der Waals surface area (Å²) < 4.78 is 53.9. The minimum Gasteiger partial charge on any atom is -0.507 e. The average molecular weight is 734 g/mol. The zero-order chi connectivity index (χ0) is 36.6. The molecule has 0 bridgehead atoms. The van der Waals surface area contributed by atoms with E-state index in [-0.39, 0.29) is 29.5 Å². The Kier molecular flexibility index (Phi) is 12.0. The normalized spacial score (nSPS) is 15.5. The SMILES string of the molecule is C1COC1.Cn1c(CN2CCC(c3cccc(OCc4ccc(Cl)cc4F)n3)CC2)nc2cc(/C(O)=C\c3c(/C=C\C=N)n[nH]c3C(F)F)ccc21. The number of nitrogens with zero attached hydrogens (tertiary/aromatic N) is 5. The van der Waals surface area contributed by atoms with Crippen molar-refractivity contribution in [3.63, 3.8) is 0 Å². The molecule has 14 heteroatoms. The molecule has 0 amide bonds. The molecule has 52 heavy (non-hydrogen) atoms. The second-order valence-corrected chi connectivity index (χ2v) is 13.0. The molecule has 0 radical (unpaired) electrons. The van der Waals surface area contributed by atoms with Gasteiger partial charge in [-0.2, -0.15) is 5.10 Å². The quantitative estimate of drug-likeness (QED) is 0.0918. The summed E-state index contributed by atoms with van der Waals surface area (Å²) in [5, 5.41) is 24.6. The maximum atomic E-state index is 14.2. The van der Waals surface area contributed by atoms with Gasteiger partial charge in [0.1, 0.15) is 29.7 Å². The van der Waals surface area contributed by atoms with E-state index in [0.717, 1.165) is 62.4 Å². The second-order valence-electron chi connectivity index (χ2n) is 12.5. The number of hydrogen-bond donors (Lipinski definition) is 3. The van der Waals surface area contributed by atoms with Gasteiger partial charge in [-0.25, -0.2) is 23.1 Å². The number of H-pyrrole nitrogens is 1. The van der Waals surface area contributed by atoms with Crippen LogP contribution in [-0.4, -0.2) is 67.3 Å². The van der Waals surface area contributed by atoms with Crippen LogP contribution in [0.4, 0.5) is 13.2 Å². The van der Waals surface area contributed by atoms with Crippen LogP contribution in [0.1, 0.15) is 71.2 Å². The topological polar surface area (TPSA) is 125 Å². The summed E-state index contributed by atoms with van der Waals surface area (Å²) in [5.41, 5.74) is 3.15. The largest absolute Gasteiger partial charge is 0.507 e. The van der Waals surface area contributed by atoms with Crippen molar-refractivity contribution in [2.45, 2.75) is 44.8 Å². The molecule has 0 aliphatic carbocycles. The Balaban J connectivity index is 0.00000109. The van der Waals surface area contributed by atoms with E-state index in [1.807, 2.05) is 29.8 Å². The van der Waals surface area contributed by atoms with E-state index in [2.05, 4.69) is 15.1 Å². The number of piperidine rings is 1. The smallest absolute Gasteiger partial charge is 0.280 e. The van der Waals surface area contributed by atoms with Crippen LogP contribution in [0.25, 0.3) is 28.9 Å². The van der Waals surface area contributed by atoms with Gasteiger partial charge in [0, 0.05) is 65.9 Å². The van der Waals surface area contributed by atoms with Crippen LogP contribution in [0.15, 0.2) is 60.7 Å². The number of alkyl halides is 2. The van der Waals surface area contributed by atoms with Gasteiger partial charge in [-0.15, -0.1) is 0 Å². The fraction of sp³-hybridized carbons (Fsp3) is 0.316. The van der Waals surface area contributed by atoms with Crippen LogP contribution in [-0.2, 0) is 24.9 Å². The number of halogens is 4. The zero-order valence-electron chi connectivity index (χ0n) is 28.5. The van der Waals surface area contributed by atoms with Gasteiger partial charge in [-0.05, 0) is 87.0 Å². The number of aliphatic hydroxyl groups excluding tert-OH is 1. The van der Waals surface area contributed by atoms with Gasteiger partial charge in [0.25, 0.3) is 6.43 Å². The van der Waals surface area contributed by atoms with Gasteiger partial charge in [0.05, 0.1) is 23.3 Å². The first-order chi connectivity index (χ1) is 25.2. The lowest BCUT2D eigenvalue weighted by Gasteiger charge is -2.31. The van der Waals surface area contributed by atoms with Crippen LogP contribution >= 0.6 is 11.6 Å². The molecule has 5 heterocycles. The number of aliphatic hydroxyl groups is 1. The molecule has 5 aromatic rings. The van der Waals surface area contributed by atoms with Crippen molar-refractivity contribution in [1.29, 1.82) is 5.41 Å². The molecule has 3 aromatic heterocycles. The van der Waals surface area contributed by atoms with Crippen molar-refractivity contribution in [3.05, 3.63) is 111 Å². The number of ether oxygens (including phenoxy) is 2. The number of fused-ring (bicyclic) bond motifs is 1. The molecule has 10 nitrogen and oxygen atoms in total. The highest BCUT2D eigenvalue weighted by Gasteiger charge is 2.24. The number of nitrogens with one attached hydrogen (secondary N) is 2. The highest BCUT2D eigenvalue weighted by Crippen LogP contribution is 2.31. The number of hydrogen-bond acceptors (Lipinski definition) is 8. The Hall–Kier alpha value is -4.98. The minimum absolute atomic E-state index is 0.0496. The molecule has 2 aromatic carbocycles. The monoisotopic (exact) mass is 733 g/mol. The first kappa shape index (κ1) is 36.8. The molecule has 2 fully saturated rings. The van der Waals surface area contributed by atoms with E-state index < -0.39 is 17.9 Å². The van der Waals surface area contributed by atoms with Gasteiger partial charge in [-0.3, -0.25) is 10.00 Å². The number of rotatable bonds is 11. The molecule has 2 aliphatic rings. The Labute approximate surface area is 304 Å². The van der Waals surface area contributed by atoms with Crippen LogP contribution in [0.5, 0.6) is 5.88 Å². The predicted molar refractivity (Wildman–Crippen MR) is 195 cm³/mol. The number of benzene rings is 2. The molecule has 7 rings (SSSR count). The first-order valence-corrected chi connectivity index (χ1v) is 17.3. The maximum absolute atomic E-state index is 14.2. The highest BCUT2D eigenvalue weighted by atomic mass is 35.5. The zero-order valence-corrected chi connectivity index (χ0v) is 29.3. The van der Waals surface area contributed by atoms with Gasteiger partial charge >= 0.3 is 0 Å². The van der Waals surface area contributed by atoms with E-state index in [4.69, 9.17) is 36.5 Å². The summed E-state index contributed by atoms with van der Waals surface area (Å²) in [7, 11) is 1.94. The molecular weight excluding hydrogens is 695 g/mol. The number of likely N-dealkylation sites (tertiary alicyclic amines) is 1. The van der Waals surface area contributed by atoms with E-state index in [1.165, 1.54) is 30.7 Å². The van der Waals surface area contributed by atoms with Crippen molar-refractivity contribution in [2.24, 2.45) is 7.05 Å². The van der Waals surface area contributed by atoms with Crippen LogP contribution in [0.3, 0.4) is 0 Å². The number of aromatic amines is 1. The number of pyridine rings is 1. The molecule has 0 spiro atoms. The second kappa shape index (κ2) is 17.0. The maximum Gasteiger partial charge on any atom is 0.280 e. The molecule has 272 valence electrons. The Bertz CT molecular complexity index is 2060. The minimum atomic E-state index is -2.82. The van der Waals surface area contributed by atoms with Crippen LogP contribution < -0.4 is 4.74 Å². The Morgan fingerprint density at radius 1 is 1.13 bits per heavy atom. The average Bonchev–Trinajstić information content (AvgIpc) is 3.65. The van der Waals surface area contributed by atoms with Crippen LogP contribution in [0, 0.1) is 11.2 Å². The Morgan fingerprint density at radius 3 is 2.60 bits per heavy atom. The van der Waals surface area contributed by atoms with Crippen molar-refractivity contribution in [2.75, 3.05) is 26.3 Å². The van der Waals surface area contributed by atoms with Gasteiger partial charge in [0.2, 0.25) is 5.88 Å². The molecule has 0 saturated carbocycles. The lowest BCUT2D eigenvalue weighted by Crippen LogP contribution is -2.33. The van der Waals surface area contributed by atoms with E-state index in [0.29, 0.717) is 34.1 Å². The lowest BCUT2D eigenvalue weighted by atomic mass is 9.93. The third-order valence-electron chi connectivity index (χ3n) is 9.07.